The summed E-state index contributed by atoms with van der Waals surface area (Å²) in [4.78, 5) is 28.5. The van der Waals surface area contributed by atoms with Gasteiger partial charge in [-0.1, -0.05) is 60.1 Å². The molecule has 0 radical (unpaired) electrons. The number of methoxy groups -OCH3 is 1. The van der Waals surface area contributed by atoms with Crippen molar-refractivity contribution in [2.45, 2.75) is 26.9 Å². The summed E-state index contributed by atoms with van der Waals surface area (Å²) in [6, 6.07) is 10.6. The van der Waals surface area contributed by atoms with Gasteiger partial charge < -0.3 is 19.3 Å². The fourth-order valence-corrected chi connectivity index (χ4v) is 4.56. The zero-order valence-electron chi connectivity index (χ0n) is 19.3. The fourth-order valence-electron chi connectivity index (χ4n) is 3.06. The van der Waals surface area contributed by atoms with Gasteiger partial charge in [0.15, 0.2) is 11.5 Å². The molecule has 1 heterocycles. The number of amides is 1. The van der Waals surface area contributed by atoms with Crippen LogP contribution in [-0.2, 0) is 20.9 Å². The van der Waals surface area contributed by atoms with E-state index in [1.807, 2.05) is 18.2 Å². The normalized spacial score (nSPS) is 15.6. The van der Waals surface area contributed by atoms with Crippen molar-refractivity contribution < 1.29 is 28.9 Å². The highest BCUT2D eigenvalue weighted by molar-refractivity contribution is 8.18. The third kappa shape index (κ3) is 6.39. The number of esters is 1. The number of aliphatic hydroxyl groups is 1. The smallest absolute Gasteiger partial charge is 0.344 e. The number of ether oxygens (including phenoxy) is 3. The van der Waals surface area contributed by atoms with E-state index in [1.165, 1.54) is 7.11 Å². The summed E-state index contributed by atoms with van der Waals surface area (Å²) in [5, 5.41) is 11.7. The number of carbonyl (C=O) groups excluding carboxylic acids is 2. The number of rotatable bonds is 8. The van der Waals surface area contributed by atoms with Gasteiger partial charge in [-0.05, 0) is 36.8 Å². The van der Waals surface area contributed by atoms with Crippen molar-refractivity contribution in [3.8, 4) is 11.5 Å². The van der Waals surface area contributed by atoms with E-state index in [-0.39, 0.29) is 41.0 Å². The lowest BCUT2D eigenvalue weighted by Gasteiger charge is -2.14. The lowest BCUT2D eigenvalue weighted by Crippen LogP contribution is -2.14. The Bertz CT molecular complexity index is 1240. The first-order valence-corrected chi connectivity index (χ1v) is 12.2. The van der Waals surface area contributed by atoms with Crippen molar-refractivity contribution >= 4 is 58.0 Å². The van der Waals surface area contributed by atoms with Gasteiger partial charge in [-0.3, -0.25) is 4.79 Å². The minimum absolute atomic E-state index is 0.0804. The molecule has 0 aliphatic carbocycles. The van der Waals surface area contributed by atoms with Gasteiger partial charge in [-0.15, -0.1) is 0 Å². The molecule has 0 aromatic heterocycles. The zero-order valence-corrected chi connectivity index (χ0v) is 21.6. The SMILES string of the molecule is CCOC(=O)C1=C(O)/C(=C/c2cc(Cl)c(OCc3ccccc3Cl)c(OC)c2)SC1=NC(=O)CC. The molecular weight excluding hydrogens is 513 g/mol. The number of benzene rings is 2. The molecule has 0 spiro atoms. The molecule has 184 valence electrons. The quantitative estimate of drug-likeness (QED) is 0.392. The Hall–Kier alpha value is -2.94. The second kappa shape index (κ2) is 12.2. The maximum Gasteiger partial charge on any atom is 0.344 e. The number of aliphatic imine (C=N–C) groups is 1. The van der Waals surface area contributed by atoms with Crippen LogP contribution in [-0.4, -0.2) is 35.7 Å². The molecule has 3 rings (SSSR count). The third-order valence-electron chi connectivity index (χ3n) is 4.78. The van der Waals surface area contributed by atoms with Crippen LogP contribution in [0.4, 0.5) is 0 Å². The van der Waals surface area contributed by atoms with Crippen molar-refractivity contribution in [2.24, 2.45) is 4.99 Å². The molecule has 1 N–H and O–H groups in total. The Balaban J connectivity index is 1.95. The van der Waals surface area contributed by atoms with E-state index in [1.54, 1.807) is 38.1 Å². The van der Waals surface area contributed by atoms with E-state index < -0.39 is 11.9 Å². The van der Waals surface area contributed by atoms with E-state index in [0.29, 0.717) is 27.0 Å². The summed E-state index contributed by atoms with van der Waals surface area (Å²) in [5.74, 6) is -0.817. The van der Waals surface area contributed by atoms with E-state index in [2.05, 4.69) is 4.99 Å². The summed E-state index contributed by atoms with van der Waals surface area (Å²) in [6.45, 7) is 3.59. The molecule has 0 atom stereocenters. The number of nitrogens with zero attached hydrogens (tertiary/aromatic N) is 1. The summed E-state index contributed by atoms with van der Waals surface area (Å²) < 4.78 is 16.4. The molecule has 1 amide bonds. The van der Waals surface area contributed by atoms with Crippen LogP contribution in [0.1, 0.15) is 31.4 Å². The molecule has 2 aromatic rings. The van der Waals surface area contributed by atoms with Gasteiger partial charge in [-0.2, -0.15) is 0 Å². The molecule has 1 aliphatic heterocycles. The predicted molar refractivity (Wildman–Crippen MR) is 138 cm³/mol. The minimum Gasteiger partial charge on any atom is -0.506 e. The summed E-state index contributed by atoms with van der Waals surface area (Å²) >= 11 is 13.7. The molecule has 35 heavy (non-hydrogen) atoms. The van der Waals surface area contributed by atoms with Gasteiger partial charge in [0.1, 0.15) is 23.0 Å². The maximum atomic E-state index is 12.4. The van der Waals surface area contributed by atoms with Gasteiger partial charge >= 0.3 is 5.97 Å². The number of halogens is 2. The zero-order chi connectivity index (χ0) is 25.5. The van der Waals surface area contributed by atoms with Crippen molar-refractivity contribution in [2.75, 3.05) is 13.7 Å². The number of aliphatic hydroxyl groups excluding tert-OH is 1. The summed E-state index contributed by atoms with van der Waals surface area (Å²) in [5.41, 5.74) is 1.20. The van der Waals surface area contributed by atoms with Crippen LogP contribution in [0, 0.1) is 0 Å². The molecule has 7 nitrogen and oxygen atoms in total. The molecule has 0 unspecified atom stereocenters. The maximum absolute atomic E-state index is 12.4. The standard InChI is InChI=1S/C25H23Cl2NO6S/c1-4-20(29)28-24-21(25(31)33-5-2)22(30)19(35-24)12-14-10-17(27)23(18(11-14)32-3)34-13-15-8-6-7-9-16(15)26/h6-12,30H,4-5,13H2,1-3H3/b19-12-,28-24?. The van der Waals surface area contributed by atoms with E-state index >= 15 is 0 Å². The van der Waals surface area contributed by atoms with Crippen LogP contribution in [0.5, 0.6) is 11.5 Å². The first kappa shape index (κ1) is 26.7. The molecule has 10 heteroatoms. The Labute approximate surface area is 217 Å². The number of carbonyl (C=O) groups is 2. The van der Waals surface area contributed by atoms with Gasteiger partial charge in [0.25, 0.3) is 0 Å². The fraction of sp³-hybridized carbons (Fsp3) is 0.240. The molecule has 1 aliphatic rings. The van der Waals surface area contributed by atoms with E-state index in [0.717, 1.165) is 17.3 Å². The molecule has 0 saturated heterocycles. The first-order valence-electron chi connectivity index (χ1n) is 10.6. The topological polar surface area (TPSA) is 94.4 Å². The highest BCUT2D eigenvalue weighted by Gasteiger charge is 2.33. The van der Waals surface area contributed by atoms with Crippen LogP contribution in [0.15, 0.2) is 57.6 Å². The van der Waals surface area contributed by atoms with Crippen LogP contribution in [0.2, 0.25) is 10.0 Å². The molecule has 0 bridgehead atoms. The van der Waals surface area contributed by atoms with Gasteiger partial charge in [-0.25, -0.2) is 9.79 Å². The largest absolute Gasteiger partial charge is 0.506 e. The summed E-state index contributed by atoms with van der Waals surface area (Å²) in [7, 11) is 1.48. The van der Waals surface area contributed by atoms with Crippen LogP contribution >= 0.6 is 35.0 Å². The number of hydrogen-bond acceptors (Lipinski definition) is 7. The Morgan fingerprint density at radius 3 is 2.54 bits per heavy atom. The van der Waals surface area contributed by atoms with Crippen molar-refractivity contribution in [3.05, 3.63) is 73.8 Å². The Kier molecular flexibility index (Phi) is 9.26. The number of hydrogen-bond donors (Lipinski definition) is 1. The van der Waals surface area contributed by atoms with Crippen LogP contribution < -0.4 is 9.47 Å². The van der Waals surface area contributed by atoms with E-state index in [9.17, 15) is 14.7 Å². The van der Waals surface area contributed by atoms with Crippen molar-refractivity contribution in [1.29, 1.82) is 0 Å². The Morgan fingerprint density at radius 2 is 1.89 bits per heavy atom. The lowest BCUT2D eigenvalue weighted by atomic mass is 10.1. The average Bonchev–Trinajstić information content (AvgIpc) is 3.13. The monoisotopic (exact) mass is 535 g/mol. The second-order valence-electron chi connectivity index (χ2n) is 7.13. The van der Waals surface area contributed by atoms with Crippen LogP contribution in [0.3, 0.4) is 0 Å². The molecular formula is C25H23Cl2NO6S. The van der Waals surface area contributed by atoms with E-state index in [4.69, 9.17) is 37.4 Å². The van der Waals surface area contributed by atoms with Crippen molar-refractivity contribution in [3.63, 3.8) is 0 Å². The summed E-state index contributed by atoms with van der Waals surface area (Å²) in [6.07, 6.45) is 1.76. The lowest BCUT2D eigenvalue weighted by molar-refractivity contribution is -0.138. The predicted octanol–water partition coefficient (Wildman–Crippen LogP) is 6.38. The second-order valence-corrected chi connectivity index (χ2v) is 8.98. The molecule has 0 saturated carbocycles. The first-order chi connectivity index (χ1) is 16.8. The molecule has 0 fully saturated rings. The highest BCUT2D eigenvalue weighted by atomic mass is 35.5. The van der Waals surface area contributed by atoms with Gasteiger partial charge in [0.05, 0.1) is 23.6 Å². The minimum atomic E-state index is -0.762. The third-order valence-corrected chi connectivity index (χ3v) is 6.45. The molecule has 2 aromatic carbocycles. The Morgan fingerprint density at radius 1 is 1.14 bits per heavy atom. The highest BCUT2D eigenvalue weighted by Crippen LogP contribution is 2.42. The van der Waals surface area contributed by atoms with Crippen molar-refractivity contribution in [1.82, 2.24) is 0 Å². The van der Waals surface area contributed by atoms with Crippen LogP contribution in [0.25, 0.3) is 6.08 Å². The number of thioether (sulfide) groups is 1. The van der Waals surface area contributed by atoms with Gasteiger partial charge in [0, 0.05) is 17.0 Å². The average molecular weight is 536 g/mol. The van der Waals surface area contributed by atoms with Gasteiger partial charge in [0.2, 0.25) is 5.91 Å².